The largest absolute Gasteiger partial charge is 0.366 e. The minimum atomic E-state index is -0.689. The molecule has 3 rings (SSSR count). The van der Waals surface area contributed by atoms with Crippen LogP contribution < -0.4 is 11.1 Å². The predicted molar refractivity (Wildman–Crippen MR) is 92.1 cm³/mol. The van der Waals surface area contributed by atoms with E-state index < -0.39 is 11.8 Å². The number of carbonyl (C=O) groups is 3. The molecule has 0 spiro atoms. The fraction of sp³-hybridized carbons (Fsp3) is 0.167. The van der Waals surface area contributed by atoms with E-state index in [1.807, 2.05) is 24.3 Å². The fourth-order valence-electron chi connectivity index (χ4n) is 2.84. The average molecular weight is 340 g/mol. The van der Waals surface area contributed by atoms with E-state index in [2.05, 4.69) is 11.9 Å². The van der Waals surface area contributed by atoms with Gasteiger partial charge in [0.25, 0.3) is 0 Å². The zero-order chi connectivity index (χ0) is 17.3. The van der Waals surface area contributed by atoms with Crippen molar-refractivity contribution in [3.63, 3.8) is 0 Å². The standard InChI is InChI=1S/C18H16N2O3S/c1-2-7-20-18(23)12-9-13(21)11-8-10-5-3-4-6-14(10)24-16(11)15(12)17(19)22/h2-6H,1,7-9H2,(H2,19,22)(H,20,23). The van der Waals surface area contributed by atoms with Gasteiger partial charge in [-0.15, -0.1) is 6.58 Å². The van der Waals surface area contributed by atoms with E-state index in [0.717, 1.165) is 10.5 Å². The zero-order valence-electron chi connectivity index (χ0n) is 12.9. The van der Waals surface area contributed by atoms with Crippen molar-refractivity contribution in [2.75, 3.05) is 6.54 Å². The molecule has 24 heavy (non-hydrogen) atoms. The van der Waals surface area contributed by atoms with Gasteiger partial charge in [0.15, 0.2) is 5.78 Å². The van der Waals surface area contributed by atoms with Gasteiger partial charge in [0, 0.05) is 40.3 Å². The third kappa shape index (κ3) is 2.80. The minimum Gasteiger partial charge on any atom is -0.366 e. The molecule has 1 aromatic rings. The summed E-state index contributed by atoms with van der Waals surface area (Å²) in [5.41, 5.74) is 7.44. The van der Waals surface area contributed by atoms with Gasteiger partial charge < -0.3 is 11.1 Å². The van der Waals surface area contributed by atoms with Crippen LogP contribution in [0.4, 0.5) is 0 Å². The van der Waals surface area contributed by atoms with Gasteiger partial charge in [-0.25, -0.2) is 0 Å². The number of carbonyl (C=O) groups excluding carboxylic acids is 3. The van der Waals surface area contributed by atoms with Crippen LogP contribution in [0.25, 0.3) is 0 Å². The monoisotopic (exact) mass is 340 g/mol. The fourth-order valence-corrected chi connectivity index (χ4v) is 4.11. The number of hydrogen-bond donors (Lipinski definition) is 2. The molecule has 5 nitrogen and oxygen atoms in total. The lowest BCUT2D eigenvalue weighted by atomic mass is 9.86. The van der Waals surface area contributed by atoms with Crippen LogP contribution in [0.3, 0.4) is 0 Å². The SMILES string of the molecule is C=CCNC(=O)C1=C(C(N)=O)C2=C(Cc3ccccc3S2)C(=O)C1. The summed E-state index contributed by atoms with van der Waals surface area (Å²) >= 11 is 1.33. The van der Waals surface area contributed by atoms with Crippen molar-refractivity contribution in [3.05, 3.63) is 64.1 Å². The summed E-state index contributed by atoms with van der Waals surface area (Å²) in [6.45, 7) is 3.79. The Morgan fingerprint density at radius 3 is 2.75 bits per heavy atom. The van der Waals surface area contributed by atoms with E-state index in [-0.39, 0.29) is 29.9 Å². The van der Waals surface area contributed by atoms with Crippen LogP contribution in [-0.4, -0.2) is 24.1 Å². The third-order valence-corrected chi connectivity index (χ3v) is 5.23. The molecule has 0 saturated heterocycles. The van der Waals surface area contributed by atoms with E-state index in [1.54, 1.807) is 0 Å². The van der Waals surface area contributed by atoms with Crippen molar-refractivity contribution < 1.29 is 14.4 Å². The molecule has 0 fully saturated rings. The zero-order valence-corrected chi connectivity index (χ0v) is 13.7. The molecule has 0 radical (unpaired) electrons. The molecule has 1 heterocycles. The molecule has 122 valence electrons. The highest BCUT2D eigenvalue weighted by Gasteiger charge is 2.36. The first-order valence-electron chi connectivity index (χ1n) is 7.47. The first-order valence-corrected chi connectivity index (χ1v) is 8.29. The number of benzene rings is 1. The Morgan fingerprint density at radius 1 is 1.29 bits per heavy atom. The van der Waals surface area contributed by atoms with E-state index in [4.69, 9.17) is 5.73 Å². The highest BCUT2D eigenvalue weighted by atomic mass is 32.2. The van der Waals surface area contributed by atoms with Crippen LogP contribution in [0.5, 0.6) is 0 Å². The molecule has 1 aromatic carbocycles. The molecule has 0 unspecified atom stereocenters. The number of ketones is 1. The summed E-state index contributed by atoms with van der Waals surface area (Å²) in [6.07, 6.45) is 1.88. The second-order valence-corrected chi connectivity index (χ2v) is 6.56. The molecule has 6 heteroatoms. The molecular formula is C18H16N2O3S. The summed E-state index contributed by atoms with van der Waals surface area (Å²) in [5, 5.41) is 2.62. The first-order chi connectivity index (χ1) is 11.5. The van der Waals surface area contributed by atoms with Gasteiger partial charge in [-0.2, -0.15) is 0 Å². The van der Waals surface area contributed by atoms with Gasteiger partial charge in [-0.05, 0) is 11.6 Å². The second-order valence-electron chi connectivity index (χ2n) is 5.51. The number of Topliss-reactive ketones (excluding diaryl/α,β-unsaturated/α-hetero) is 1. The quantitative estimate of drug-likeness (QED) is 0.816. The molecule has 3 N–H and O–H groups in total. The summed E-state index contributed by atoms with van der Waals surface area (Å²) in [4.78, 5) is 38.4. The maximum atomic E-state index is 12.5. The molecule has 0 aromatic heterocycles. The Morgan fingerprint density at radius 2 is 2.04 bits per heavy atom. The predicted octanol–water partition coefficient (Wildman–Crippen LogP) is 1.65. The summed E-state index contributed by atoms with van der Waals surface area (Å²) in [5.74, 6) is -1.28. The highest BCUT2D eigenvalue weighted by molar-refractivity contribution is 8.03. The van der Waals surface area contributed by atoms with Crippen LogP contribution in [0.15, 0.2) is 63.4 Å². The van der Waals surface area contributed by atoms with Crippen molar-refractivity contribution in [1.29, 1.82) is 0 Å². The van der Waals surface area contributed by atoms with Gasteiger partial charge in [0.2, 0.25) is 11.8 Å². The van der Waals surface area contributed by atoms with Crippen LogP contribution in [-0.2, 0) is 20.8 Å². The van der Waals surface area contributed by atoms with Crippen molar-refractivity contribution in [3.8, 4) is 0 Å². The van der Waals surface area contributed by atoms with Gasteiger partial charge in [-0.1, -0.05) is 36.0 Å². The van der Waals surface area contributed by atoms with Crippen molar-refractivity contribution in [2.45, 2.75) is 17.7 Å². The van der Waals surface area contributed by atoms with Crippen LogP contribution in [0.1, 0.15) is 12.0 Å². The van der Waals surface area contributed by atoms with Crippen LogP contribution in [0, 0.1) is 0 Å². The van der Waals surface area contributed by atoms with Gasteiger partial charge in [0.1, 0.15) is 0 Å². The number of allylic oxidation sites excluding steroid dienone is 1. The number of fused-ring (bicyclic) bond motifs is 1. The lowest BCUT2D eigenvalue weighted by Gasteiger charge is -2.27. The maximum Gasteiger partial charge on any atom is 0.250 e. The van der Waals surface area contributed by atoms with Gasteiger partial charge in [0.05, 0.1) is 5.57 Å². The maximum absolute atomic E-state index is 12.5. The molecule has 1 aliphatic carbocycles. The van der Waals surface area contributed by atoms with Crippen molar-refractivity contribution in [2.24, 2.45) is 5.73 Å². The lowest BCUT2D eigenvalue weighted by Crippen LogP contribution is -2.33. The van der Waals surface area contributed by atoms with Crippen LogP contribution >= 0.6 is 11.8 Å². The summed E-state index contributed by atoms with van der Waals surface area (Å²) in [7, 11) is 0. The summed E-state index contributed by atoms with van der Waals surface area (Å²) < 4.78 is 0. The number of primary amides is 1. The first kappa shape index (κ1) is 16.3. The normalized spacial score (nSPS) is 16.4. The Bertz CT molecular complexity index is 836. The second kappa shape index (κ2) is 6.49. The molecule has 0 atom stereocenters. The molecule has 2 aliphatic rings. The molecule has 2 amide bonds. The summed E-state index contributed by atoms with van der Waals surface area (Å²) in [6, 6.07) is 7.70. The number of amides is 2. The van der Waals surface area contributed by atoms with E-state index in [1.165, 1.54) is 17.8 Å². The number of rotatable bonds is 4. The Labute approximate surface area is 143 Å². The third-order valence-electron chi connectivity index (χ3n) is 3.96. The Balaban J connectivity index is 2.09. The average Bonchev–Trinajstić information content (AvgIpc) is 2.57. The molecular weight excluding hydrogens is 324 g/mol. The van der Waals surface area contributed by atoms with E-state index >= 15 is 0 Å². The Hall–Kier alpha value is -2.60. The van der Waals surface area contributed by atoms with Gasteiger partial charge >= 0.3 is 0 Å². The lowest BCUT2D eigenvalue weighted by molar-refractivity contribution is -0.121. The Kier molecular flexibility index (Phi) is 4.40. The van der Waals surface area contributed by atoms with Crippen LogP contribution in [0.2, 0.25) is 0 Å². The minimum absolute atomic E-state index is 0.108. The van der Waals surface area contributed by atoms with Crippen molar-refractivity contribution >= 4 is 29.4 Å². The highest BCUT2D eigenvalue weighted by Crippen LogP contribution is 2.45. The number of hydrogen-bond acceptors (Lipinski definition) is 4. The number of nitrogens with two attached hydrogens (primary N) is 1. The van der Waals surface area contributed by atoms with Crippen molar-refractivity contribution in [1.82, 2.24) is 5.32 Å². The smallest absolute Gasteiger partial charge is 0.250 e. The molecule has 1 aliphatic heterocycles. The van der Waals surface area contributed by atoms with E-state index in [0.29, 0.717) is 16.9 Å². The topological polar surface area (TPSA) is 89.3 Å². The number of nitrogens with one attached hydrogen (secondary N) is 1. The number of thioether (sulfide) groups is 1. The van der Waals surface area contributed by atoms with E-state index in [9.17, 15) is 14.4 Å². The molecule has 0 saturated carbocycles. The molecule has 0 bridgehead atoms. The van der Waals surface area contributed by atoms with Gasteiger partial charge in [-0.3, -0.25) is 14.4 Å².